The van der Waals surface area contributed by atoms with Crippen LogP contribution in [0.15, 0.2) is 36.5 Å². The van der Waals surface area contributed by atoms with E-state index >= 15 is 0 Å². The van der Waals surface area contributed by atoms with Crippen LogP contribution in [0.3, 0.4) is 0 Å². The summed E-state index contributed by atoms with van der Waals surface area (Å²) >= 11 is 6.14. The summed E-state index contributed by atoms with van der Waals surface area (Å²) in [6, 6.07) is 9.60. The minimum Gasteiger partial charge on any atom is -0.356 e. The van der Waals surface area contributed by atoms with Gasteiger partial charge in [-0.2, -0.15) is 0 Å². The van der Waals surface area contributed by atoms with Crippen molar-refractivity contribution >= 4 is 28.4 Å². The normalized spacial score (nSPS) is 16.8. The molecule has 2 N–H and O–H groups in total. The number of nitrogens with zero attached hydrogens (tertiary/aromatic N) is 1. The first-order chi connectivity index (χ1) is 11.6. The van der Waals surface area contributed by atoms with Crippen molar-refractivity contribution in [3.63, 3.8) is 0 Å². The van der Waals surface area contributed by atoms with E-state index in [1.165, 1.54) is 5.56 Å². The van der Waals surface area contributed by atoms with Gasteiger partial charge in [0, 0.05) is 27.8 Å². The minimum absolute atomic E-state index is 0.0196. The van der Waals surface area contributed by atoms with E-state index in [0.717, 1.165) is 46.4 Å². The summed E-state index contributed by atoms with van der Waals surface area (Å²) in [5.74, 6) is -0.123. The van der Waals surface area contributed by atoms with Gasteiger partial charge in [-0.05, 0) is 61.6 Å². The maximum Gasteiger partial charge on any atom is 0.270 e. The van der Waals surface area contributed by atoms with E-state index in [9.17, 15) is 4.79 Å². The molecule has 1 amide bonds. The summed E-state index contributed by atoms with van der Waals surface area (Å²) in [6.07, 6.45) is 4.62. The molecule has 24 heavy (non-hydrogen) atoms. The average molecular weight is 340 g/mol. The molecule has 1 atom stereocenters. The number of rotatable bonds is 2. The SMILES string of the molecule is Cc1cccnc1C(=O)NC1CCCc2c1[nH]c1ccc(Cl)cc21. The molecule has 0 bridgehead atoms. The first-order valence-corrected chi connectivity index (χ1v) is 8.54. The second-order valence-corrected chi connectivity index (χ2v) is 6.73. The Morgan fingerprint density at radius 2 is 2.25 bits per heavy atom. The molecule has 0 radical (unpaired) electrons. The van der Waals surface area contributed by atoms with Gasteiger partial charge in [-0.1, -0.05) is 17.7 Å². The van der Waals surface area contributed by atoms with Gasteiger partial charge in [0.25, 0.3) is 5.91 Å². The Bertz CT molecular complexity index is 932. The van der Waals surface area contributed by atoms with Gasteiger partial charge < -0.3 is 10.3 Å². The van der Waals surface area contributed by atoms with E-state index in [-0.39, 0.29) is 11.9 Å². The molecule has 3 aromatic rings. The van der Waals surface area contributed by atoms with Gasteiger partial charge in [0.1, 0.15) is 5.69 Å². The Balaban J connectivity index is 1.68. The molecule has 0 spiro atoms. The molecule has 122 valence electrons. The summed E-state index contributed by atoms with van der Waals surface area (Å²) in [4.78, 5) is 20.3. The van der Waals surface area contributed by atoms with Gasteiger partial charge in [0.05, 0.1) is 6.04 Å². The lowest BCUT2D eigenvalue weighted by Gasteiger charge is -2.24. The first-order valence-electron chi connectivity index (χ1n) is 8.16. The largest absolute Gasteiger partial charge is 0.356 e. The molecular formula is C19H18ClN3O. The number of hydrogen-bond donors (Lipinski definition) is 2. The maximum absolute atomic E-state index is 12.6. The molecule has 0 saturated heterocycles. The monoisotopic (exact) mass is 339 g/mol. The summed E-state index contributed by atoms with van der Waals surface area (Å²) < 4.78 is 0. The lowest BCUT2D eigenvalue weighted by atomic mass is 9.91. The number of aromatic nitrogens is 2. The highest BCUT2D eigenvalue weighted by Gasteiger charge is 2.26. The van der Waals surface area contributed by atoms with Crippen LogP contribution in [-0.4, -0.2) is 15.9 Å². The fourth-order valence-electron chi connectivity index (χ4n) is 3.53. The summed E-state index contributed by atoms with van der Waals surface area (Å²) in [6.45, 7) is 1.90. The molecule has 2 heterocycles. The average Bonchev–Trinajstić information content (AvgIpc) is 2.94. The van der Waals surface area contributed by atoms with E-state index in [0.29, 0.717) is 5.69 Å². The maximum atomic E-state index is 12.6. The van der Waals surface area contributed by atoms with Gasteiger partial charge >= 0.3 is 0 Å². The van der Waals surface area contributed by atoms with Crippen LogP contribution in [-0.2, 0) is 6.42 Å². The predicted molar refractivity (Wildman–Crippen MR) is 95.4 cm³/mol. The molecule has 4 rings (SSSR count). The number of halogens is 1. The second-order valence-electron chi connectivity index (χ2n) is 6.29. The van der Waals surface area contributed by atoms with Crippen molar-refractivity contribution in [3.05, 3.63) is 64.1 Å². The lowest BCUT2D eigenvalue weighted by molar-refractivity contribution is 0.0926. The molecule has 1 aromatic carbocycles. The Morgan fingerprint density at radius 1 is 1.38 bits per heavy atom. The fourth-order valence-corrected chi connectivity index (χ4v) is 3.70. The molecule has 4 nitrogen and oxygen atoms in total. The number of benzene rings is 1. The third-order valence-corrected chi connectivity index (χ3v) is 4.93. The van der Waals surface area contributed by atoms with Crippen LogP contribution >= 0.6 is 11.6 Å². The number of H-pyrrole nitrogens is 1. The standard InChI is InChI=1S/C19H18ClN3O/c1-11-4-3-9-21-17(11)19(24)23-16-6-2-5-13-14-10-12(20)7-8-15(14)22-18(13)16/h3-4,7-10,16,22H,2,5-6H2,1H3,(H,23,24). The van der Waals surface area contributed by atoms with Crippen molar-refractivity contribution in [2.24, 2.45) is 0 Å². The highest BCUT2D eigenvalue weighted by atomic mass is 35.5. The summed E-state index contributed by atoms with van der Waals surface area (Å²) in [5, 5.41) is 5.04. The quantitative estimate of drug-likeness (QED) is 0.730. The molecule has 0 fully saturated rings. The number of aryl methyl sites for hydroxylation is 2. The smallest absolute Gasteiger partial charge is 0.270 e. The second kappa shape index (κ2) is 5.95. The van der Waals surface area contributed by atoms with Crippen LogP contribution in [0.5, 0.6) is 0 Å². The number of hydrogen-bond acceptors (Lipinski definition) is 2. The van der Waals surface area contributed by atoms with Crippen LogP contribution in [0.4, 0.5) is 0 Å². The molecule has 1 aliphatic carbocycles. The van der Waals surface area contributed by atoms with Crippen molar-refractivity contribution in [2.45, 2.75) is 32.2 Å². The number of carbonyl (C=O) groups excluding carboxylic acids is 1. The van der Waals surface area contributed by atoms with Gasteiger partial charge in [-0.25, -0.2) is 0 Å². The van der Waals surface area contributed by atoms with Crippen LogP contribution < -0.4 is 5.32 Å². The number of nitrogens with one attached hydrogen (secondary N) is 2. The molecule has 0 aliphatic heterocycles. The first kappa shape index (κ1) is 15.2. The molecule has 2 aromatic heterocycles. The molecule has 5 heteroatoms. The number of pyridine rings is 1. The molecule has 1 aliphatic rings. The van der Waals surface area contributed by atoms with Gasteiger partial charge in [-0.15, -0.1) is 0 Å². The number of amides is 1. The van der Waals surface area contributed by atoms with Crippen LogP contribution in [0.1, 0.15) is 46.2 Å². The zero-order valence-corrected chi connectivity index (χ0v) is 14.2. The summed E-state index contributed by atoms with van der Waals surface area (Å²) in [5.41, 5.74) is 4.81. The lowest BCUT2D eigenvalue weighted by Crippen LogP contribution is -2.32. The van der Waals surface area contributed by atoms with Crippen molar-refractivity contribution in [1.82, 2.24) is 15.3 Å². The van der Waals surface area contributed by atoms with E-state index in [1.807, 2.05) is 37.3 Å². The zero-order chi connectivity index (χ0) is 16.7. The zero-order valence-electron chi connectivity index (χ0n) is 13.4. The van der Waals surface area contributed by atoms with Crippen LogP contribution in [0, 0.1) is 6.92 Å². The van der Waals surface area contributed by atoms with E-state index in [4.69, 9.17) is 11.6 Å². The Morgan fingerprint density at radius 3 is 3.08 bits per heavy atom. The third-order valence-electron chi connectivity index (χ3n) is 4.70. The number of fused-ring (bicyclic) bond motifs is 3. The number of aromatic amines is 1. The molecular weight excluding hydrogens is 322 g/mol. The highest BCUT2D eigenvalue weighted by molar-refractivity contribution is 6.31. The van der Waals surface area contributed by atoms with Crippen LogP contribution in [0.2, 0.25) is 5.02 Å². The van der Waals surface area contributed by atoms with Gasteiger partial charge in [0.15, 0.2) is 0 Å². The Labute approximate surface area is 145 Å². The van der Waals surface area contributed by atoms with Crippen LogP contribution in [0.25, 0.3) is 10.9 Å². The Kier molecular flexibility index (Phi) is 3.77. The van der Waals surface area contributed by atoms with E-state index < -0.39 is 0 Å². The van der Waals surface area contributed by atoms with Crippen molar-refractivity contribution in [1.29, 1.82) is 0 Å². The van der Waals surface area contributed by atoms with Crippen molar-refractivity contribution < 1.29 is 4.79 Å². The summed E-state index contributed by atoms with van der Waals surface area (Å²) in [7, 11) is 0. The number of carbonyl (C=O) groups is 1. The minimum atomic E-state index is -0.123. The molecule has 1 unspecified atom stereocenters. The van der Waals surface area contributed by atoms with Gasteiger partial charge in [-0.3, -0.25) is 9.78 Å². The highest BCUT2D eigenvalue weighted by Crippen LogP contribution is 2.35. The van der Waals surface area contributed by atoms with Crippen molar-refractivity contribution in [3.8, 4) is 0 Å². The van der Waals surface area contributed by atoms with E-state index in [2.05, 4.69) is 15.3 Å². The van der Waals surface area contributed by atoms with Crippen molar-refractivity contribution in [2.75, 3.05) is 0 Å². The van der Waals surface area contributed by atoms with E-state index in [1.54, 1.807) is 6.20 Å². The molecule has 0 saturated carbocycles. The third kappa shape index (κ3) is 2.57. The topological polar surface area (TPSA) is 57.8 Å². The fraction of sp³-hybridized carbons (Fsp3) is 0.263. The predicted octanol–water partition coefficient (Wildman–Crippen LogP) is 4.33. The Hall–Kier alpha value is -2.33. The van der Waals surface area contributed by atoms with Gasteiger partial charge in [0.2, 0.25) is 0 Å².